The zero-order valence-electron chi connectivity index (χ0n) is 10.2. The quantitative estimate of drug-likeness (QED) is 0.680. The van der Waals surface area contributed by atoms with Gasteiger partial charge in [0, 0.05) is 5.56 Å². The number of hydrazone groups is 1. The van der Waals surface area contributed by atoms with E-state index in [9.17, 15) is 9.90 Å². The van der Waals surface area contributed by atoms with E-state index in [1.807, 2.05) is 6.92 Å². The van der Waals surface area contributed by atoms with Crippen LogP contribution in [0.3, 0.4) is 0 Å². The summed E-state index contributed by atoms with van der Waals surface area (Å²) in [5.74, 6) is 0.530. The number of thioether (sulfide) groups is 1. The number of nitrogens with zero attached hydrogens (tertiary/aromatic N) is 2. The van der Waals surface area contributed by atoms with Gasteiger partial charge in [-0.1, -0.05) is 30.0 Å². The standard InChI is InChI=1S/C12H12N2O3S2/c1-2-17-9-5-3-4-8(11(9)16)6-13-14-10(15)7-19-12(14)18/h3-6,16H,2,7H2,1H3. The molecule has 0 aromatic heterocycles. The van der Waals surface area contributed by atoms with Gasteiger partial charge in [0.15, 0.2) is 15.8 Å². The monoisotopic (exact) mass is 296 g/mol. The van der Waals surface area contributed by atoms with Gasteiger partial charge in [0.05, 0.1) is 18.6 Å². The van der Waals surface area contributed by atoms with Crippen molar-refractivity contribution in [1.82, 2.24) is 5.01 Å². The molecule has 0 saturated carbocycles. The highest BCUT2D eigenvalue weighted by molar-refractivity contribution is 8.23. The lowest BCUT2D eigenvalue weighted by Gasteiger charge is -2.09. The van der Waals surface area contributed by atoms with E-state index in [0.29, 0.717) is 28.0 Å². The first-order valence-corrected chi connectivity index (χ1v) is 7.01. The summed E-state index contributed by atoms with van der Waals surface area (Å²) < 4.78 is 5.69. The number of phenolic OH excluding ortho intramolecular Hbond substituents is 1. The summed E-state index contributed by atoms with van der Waals surface area (Å²) >= 11 is 6.27. The average molecular weight is 296 g/mol. The van der Waals surface area contributed by atoms with Crippen molar-refractivity contribution in [3.63, 3.8) is 0 Å². The van der Waals surface area contributed by atoms with Crippen molar-refractivity contribution in [1.29, 1.82) is 0 Å². The van der Waals surface area contributed by atoms with Crippen molar-refractivity contribution in [3.8, 4) is 11.5 Å². The summed E-state index contributed by atoms with van der Waals surface area (Å²) in [5, 5.41) is 15.1. The number of carbonyl (C=O) groups excluding carboxylic acids is 1. The molecular formula is C12H12N2O3S2. The summed E-state index contributed by atoms with van der Waals surface area (Å²) in [6, 6.07) is 5.08. The molecule has 0 unspecified atom stereocenters. The lowest BCUT2D eigenvalue weighted by atomic mass is 10.2. The van der Waals surface area contributed by atoms with Gasteiger partial charge in [-0.3, -0.25) is 4.79 Å². The molecule has 1 amide bonds. The Labute approximate surface area is 120 Å². The van der Waals surface area contributed by atoms with Gasteiger partial charge >= 0.3 is 0 Å². The zero-order valence-corrected chi connectivity index (χ0v) is 11.8. The minimum atomic E-state index is -0.160. The van der Waals surface area contributed by atoms with Crippen LogP contribution in [0, 0.1) is 0 Å². The SMILES string of the molecule is CCOc1cccc(C=NN2C(=O)CSC2=S)c1O. The largest absolute Gasteiger partial charge is 0.504 e. The third kappa shape index (κ3) is 3.05. The molecule has 2 rings (SSSR count). The maximum atomic E-state index is 11.5. The number of hydrogen-bond donors (Lipinski definition) is 1. The second kappa shape index (κ2) is 6.03. The summed E-state index contributed by atoms with van der Waals surface area (Å²) in [4.78, 5) is 11.5. The van der Waals surface area contributed by atoms with E-state index in [-0.39, 0.29) is 11.7 Å². The van der Waals surface area contributed by atoms with Crippen LogP contribution < -0.4 is 4.74 Å². The Balaban J connectivity index is 2.21. The smallest absolute Gasteiger partial charge is 0.259 e. The molecule has 0 bridgehead atoms. The number of thiocarbonyl (C=S) groups is 1. The van der Waals surface area contributed by atoms with Crippen LogP contribution in [0.1, 0.15) is 12.5 Å². The first-order chi connectivity index (χ1) is 9.13. The van der Waals surface area contributed by atoms with Gasteiger partial charge in [-0.2, -0.15) is 10.1 Å². The topological polar surface area (TPSA) is 62.1 Å². The highest BCUT2D eigenvalue weighted by atomic mass is 32.2. The van der Waals surface area contributed by atoms with E-state index in [4.69, 9.17) is 17.0 Å². The molecular weight excluding hydrogens is 284 g/mol. The van der Waals surface area contributed by atoms with Gasteiger partial charge in [0.2, 0.25) is 0 Å². The third-order valence-electron chi connectivity index (χ3n) is 2.37. The Morgan fingerprint density at radius 3 is 3.05 bits per heavy atom. The molecule has 0 aliphatic carbocycles. The molecule has 0 atom stereocenters. The molecule has 1 aliphatic heterocycles. The summed E-state index contributed by atoms with van der Waals surface area (Å²) in [6.07, 6.45) is 1.40. The highest BCUT2D eigenvalue weighted by Crippen LogP contribution is 2.29. The molecule has 19 heavy (non-hydrogen) atoms. The van der Waals surface area contributed by atoms with Crippen LogP contribution in [0.15, 0.2) is 23.3 Å². The van der Waals surface area contributed by atoms with Gasteiger partial charge in [-0.05, 0) is 19.1 Å². The number of benzene rings is 1. The van der Waals surface area contributed by atoms with E-state index < -0.39 is 0 Å². The van der Waals surface area contributed by atoms with Crippen LogP contribution in [0.25, 0.3) is 0 Å². The highest BCUT2D eigenvalue weighted by Gasteiger charge is 2.26. The Hall–Kier alpha value is -1.60. The zero-order chi connectivity index (χ0) is 13.8. The van der Waals surface area contributed by atoms with Crippen LogP contribution in [0.2, 0.25) is 0 Å². The molecule has 0 radical (unpaired) electrons. The Bertz CT molecular complexity index is 530. The van der Waals surface area contributed by atoms with Crippen LogP contribution in [0.4, 0.5) is 0 Å². The predicted molar refractivity (Wildman–Crippen MR) is 78.8 cm³/mol. The van der Waals surface area contributed by atoms with Crippen molar-refractivity contribution in [3.05, 3.63) is 23.8 Å². The number of para-hydroxylation sites is 1. The molecule has 5 nitrogen and oxygen atoms in total. The molecule has 1 aromatic rings. The van der Waals surface area contributed by atoms with Crippen LogP contribution >= 0.6 is 24.0 Å². The number of aromatic hydroxyl groups is 1. The maximum Gasteiger partial charge on any atom is 0.259 e. The number of rotatable bonds is 4. The molecule has 1 fully saturated rings. The van der Waals surface area contributed by atoms with Gasteiger partial charge in [-0.15, -0.1) is 0 Å². The lowest BCUT2D eigenvalue weighted by molar-refractivity contribution is -0.123. The van der Waals surface area contributed by atoms with Gasteiger partial charge in [0.1, 0.15) is 0 Å². The fraction of sp³-hybridized carbons (Fsp3) is 0.250. The fourth-order valence-corrected chi connectivity index (χ4v) is 2.46. The molecule has 1 N–H and O–H groups in total. The molecule has 1 aliphatic rings. The van der Waals surface area contributed by atoms with E-state index in [1.165, 1.54) is 18.0 Å². The van der Waals surface area contributed by atoms with E-state index in [0.717, 1.165) is 5.01 Å². The van der Waals surface area contributed by atoms with Gasteiger partial charge in [-0.25, -0.2) is 0 Å². The summed E-state index contributed by atoms with van der Waals surface area (Å²) in [6.45, 7) is 2.29. The van der Waals surface area contributed by atoms with Crippen LogP contribution in [0.5, 0.6) is 11.5 Å². The maximum absolute atomic E-state index is 11.5. The molecule has 0 spiro atoms. The van der Waals surface area contributed by atoms with E-state index in [2.05, 4.69) is 5.10 Å². The minimum Gasteiger partial charge on any atom is -0.504 e. The molecule has 1 aromatic carbocycles. The van der Waals surface area contributed by atoms with Crippen LogP contribution in [-0.4, -0.2) is 38.9 Å². The van der Waals surface area contributed by atoms with Crippen molar-refractivity contribution in [2.45, 2.75) is 6.92 Å². The minimum absolute atomic E-state index is 0.00156. The molecule has 7 heteroatoms. The molecule has 1 heterocycles. The van der Waals surface area contributed by atoms with Crippen molar-refractivity contribution < 1.29 is 14.6 Å². The molecule has 1 saturated heterocycles. The third-order valence-corrected chi connectivity index (χ3v) is 3.71. The number of ether oxygens (including phenoxy) is 1. The predicted octanol–water partition coefficient (Wildman–Crippen LogP) is 1.99. The van der Waals surface area contributed by atoms with Crippen LogP contribution in [-0.2, 0) is 4.79 Å². The van der Waals surface area contributed by atoms with Crippen molar-refractivity contribution in [2.75, 3.05) is 12.4 Å². The average Bonchev–Trinajstić information content (AvgIpc) is 2.71. The van der Waals surface area contributed by atoms with E-state index >= 15 is 0 Å². The number of phenols is 1. The number of amides is 1. The first kappa shape index (κ1) is 13.8. The number of hydrogen-bond acceptors (Lipinski definition) is 6. The first-order valence-electron chi connectivity index (χ1n) is 5.62. The van der Waals surface area contributed by atoms with Crippen molar-refractivity contribution in [2.24, 2.45) is 5.10 Å². The Kier molecular flexibility index (Phi) is 4.39. The lowest BCUT2D eigenvalue weighted by Crippen LogP contribution is -2.22. The Morgan fingerprint density at radius 1 is 1.63 bits per heavy atom. The number of carbonyl (C=O) groups is 1. The van der Waals surface area contributed by atoms with Gasteiger partial charge in [0.25, 0.3) is 5.91 Å². The normalized spacial score (nSPS) is 15.5. The Morgan fingerprint density at radius 2 is 2.42 bits per heavy atom. The second-order valence-electron chi connectivity index (χ2n) is 3.63. The van der Waals surface area contributed by atoms with Crippen molar-refractivity contribution >= 4 is 40.4 Å². The van der Waals surface area contributed by atoms with E-state index in [1.54, 1.807) is 18.2 Å². The fourth-order valence-electron chi connectivity index (χ4n) is 1.49. The second-order valence-corrected chi connectivity index (χ2v) is 5.24. The summed E-state index contributed by atoms with van der Waals surface area (Å²) in [7, 11) is 0. The summed E-state index contributed by atoms with van der Waals surface area (Å²) in [5.41, 5.74) is 0.471. The molecule has 100 valence electrons. The van der Waals surface area contributed by atoms with Gasteiger partial charge < -0.3 is 9.84 Å².